The Morgan fingerprint density at radius 3 is 2.60 bits per heavy atom. The Bertz CT molecular complexity index is 723. The number of ether oxygens (including phenoxy) is 1. The molecule has 7 heteroatoms. The number of hydrogen-bond acceptors (Lipinski definition) is 4. The van der Waals surface area contributed by atoms with Crippen LogP contribution in [-0.4, -0.2) is 30.7 Å². The maximum Gasteiger partial charge on any atom is 0.257 e. The highest BCUT2D eigenvalue weighted by Gasteiger charge is 2.06. The number of anilines is 1. The summed E-state index contributed by atoms with van der Waals surface area (Å²) < 4.78 is 6.42. The average molecular weight is 423 g/mol. The van der Waals surface area contributed by atoms with E-state index in [0.29, 0.717) is 23.7 Å². The number of nitrogens with one attached hydrogen (secondary N) is 2. The van der Waals surface area contributed by atoms with Crippen LogP contribution >= 0.6 is 27.7 Å². The van der Waals surface area contributed by atoms with E-state index in [4.69, 9.17) is 4.74 Å². The van der Waals surface area contributed by atoms with E-state index in [1.54, 1.807) is 24.3 Å². The number of carbonyl (C=O) groups is 2. The maximum atomic E-state index is 12.1. The number of benzene rings is 2. The van der Waals surface area contributed by atoms with Crippen LogP contribution in [0.2, 0.25) is 0 Å². The molecule has 0 spiro atoms. The predicted molar refractivity (Wildman–Crippen MR) is 104 cm³/mol. The van der Waals surface area contributed by atoms with Gasteiger partial charge in [-0.25, -0.2) is 0 Å². The van der Waals surface area contributed by atoms with Gasteiger partial charge in [0.05, 0.1) is 5.75 Å². The molecule has 2 N–H and O–H groups in total. The third-order valence-corrected chi connectivity index (χ3v) is 4.59. The van der Waals surface area contributed by atoms with Crippen molar-refractivity contribution in [2.45, 2.75) is 11.8 Å². The highest BCUT2D eigenvalue weighted by molar-refractivity contribution is 9.10. The van der Waals surface area contributed by atoms with Gasteiger partial charge in [0.15, 0.2) is 6.61 Å². The zero-order valence-corrected chi connectivity index (χ0v) is 16.2. The number of amides is 2. The van der Waals surface area contributed by atoms with Gasteiger partial charge in [-0.2, -0.15) is 0 Å². The number of hydrogen-bond donors (Lipinski definition) is 2. The number of thioether (sulfide) groups is 1. The molecule has 2 amide bonds. The van der Waals surface area contributed by atoms with Crippen molar-refractivity contribution in [2.75, 3.05) is 24.2 Å². The van der Waals surface area contributed by atoms with Gasteiger partial charge in [-0.3, -0.25) is 9.59 Å². The topological polar surface area (TPSA) is 67.4 Å². The molecule has 0 bridgehead atoms. The van der Waals surface area contributed by atoms with Crippen LogP contribution in [0, 0.1) is 0 Å². The van der Waals surface area contributed by atoms with E-state index in [2.05, 4.69) is 26.6 Å². The lowest BCUT2D eigenvalue weighted by atomic mass is 10.3. The molecule has 132 valence electrons. The summed E-state index contributed by atoms with van der Waals surface area (Å²) in [7, 11) is 0. The zero-order valence-electron chi connectivity index (χ0n) is 13.8. The molecule has 0 saturated heterocycles. The first kappa shape index (κ1) is 19.3. The molecule has 0 unspecified atom stereocenters. The lowest BCUT2D eigenvalue weighted by Gasteiger charge is -2.09. The Kier molecular flexibility index (Phi) is 7.81. The van der Waals surface area contributed by atoms with Crippen molar-refractivity contribution in [3.05, 3.63) is 53.0 Å². The summed E-state index contributed by atoms with van der Waals surface area (Å²) in [6, 6.07) is 14.8. The lowest BCUT2D eigenvalue weighted by Crippen LogP contribution is -2.28. The van der Waals surface area contributed by atoms with Crippen LogP contribution in [0.3, 0.4) is 0 Å². The van der Waals surface area contributed by atoms with E-state index in [0.717, 1.165) is 9.37 Å². The molecule has 2 aromatic rings. The van der Waals surface area contributed by atoms with Crippen LogP contribution in [0.5, 0.6) is 5.75 Å². The fraction of sp³-hybridized carbons (Fsp3) is 0.222. The van der Waals surface area contributed by atoms with Crippen molar-refractivity contribution in [1.29, 1.82) is 0 Å². The summed E-state index contributed by atoms with van der Waals surface area (Å²) in [5.74, 6) is 0.562. The second-order valence-electron chi connectivity index (χ2n) is 5.06. The number of carbonyl (C=O) groups excluding carboxylic acids is 2. The molecule has 2 aromatic carbocycles. The van der Waals surface area contributed by atoms with Gasteiger partial charge in [-0.15, -0.1) is 11.8 Å². The van der Waals surface area contributed by atoms with Gasteiger partial charge in [-0.1, -0.05) is 22.0 Å². The first-order valence-electron chi connectivity index (χ1n) is 7.74. The van der Waals surface area contributed by atoms with Gasteiger partial charge in [-0.05, 0) is 43.3 Å². The molecule has 5 nitrogen and oxygen atoms in total. The van der Waals surface area contributed by atoms with Gasteiger partial charge in [0, 0.05) is 27.7 Å². The molecule has 0 fully saturated rings. The largest absolute Gasteiger partial charge is 0.484 e. The van der Waals surface area contributed by atoms with Crippen molar-refractivity contribution in [2.24, 2.45) is 0 Å². The first-order valence-corrected chi connectivity index (χ1v) is 9.52. The standard InChI is InChI=1S/C18H19BrN2O3S/c1-2-20-17(22)11-24-15-5-3-4-14(10-15)21-18(23)12-25-16-8-6-13(19)7-9-16/h3-10H,2,11-12H2,1H3,(H,20,22)(H,21,23). The molecular weight excluding hydrogens is 404 g/mol. The predicted octanol–water partition coefficient (Wildman–Crippen LogP) is 3.69. The minimum Gasteiger partial charge on any atom is -0.484 e. The third-order valence-electron chi connectivity index (χ3n) is 3.05. The molecular formula is C18H19BrN2O3S. The fourth-order valence-electron chi connectivity index (χ4n) is 1.94. The second-order valence-corrected chi connectivity index (χ2v) is 7.03. The van der Waals surface area contributed by atoms with Gasteiger partial charge in [0.1, 0.15) is 5.75 Å². The highest BCUT2D eigenvalue weighted by Crippen LogP contribution is 2.21. The van der Waals surface area contributed by atoms with Crippen LogP contribution in [0.15, 0.2) is 57.9 Å². The molecule has 0 atom stereocenters. The third kappa shape index (κ3) is 7.19. The van der Waals surface area contributed by atoms with Gasteiger partial charge in [0.25, 0.3) is 5.91 Å². The summed E-state index contributed by atoms with van der Waals surface area (Å²) >= 11 is 4.84. The zero-order chi connectivity index (χ0) is 18.1. The van der Waals surface area contributed by atoms with E-state index >= 15 is 0 Å². The van der Waals surface area contributed by atoms with Crippen LogP contribution < -0.4 is 15.4 Å². The second kappa shape index (κ2) is 10.1. The minimum absolute atomic E-state index is 0.0509. The van der Waals surface area contributed by atoms with Crippen LogP contribution in [0.4, 0.5) is 5.69 Å². The van der Waals surface area contributed by atoms with Crippen LogP contribution in [0.25, 0.3) is 0 Å². The van der Waals surface area contributed by atoms with Crippen molar-refractivity contribution < 1.29 is 14.3 Å². The van der Waals surface area contributed by atoms with Crippen molar-refractivity contribution in [3.8, 4) is 5.75 Å². The van der Waals surface area contributed by atoms with Gasteiger partial charge in [0.2, 0.25) is 5.91 Å². The number of rotatable bonds is 8. The molecule has 0 aliphatic carbocycles. The van der Waals surface area contributed by atoms with E-state index in [1.807, 2.05) is 31.2 Å². The van der Waals surface area contributed by atoms with Crippen molar-refractivity contribution in [3.63, 3.8) is 0 Å². The molecule has 0 saturated carbocycles. The summed E-state index contributed by atoms with van der Waals surface area (Å²) in [5.41, 5.74) is 0.634. The van der Waals surface area contributed by atoms with E-state index in [9.17, 15) is 9.59 Å². The first-order chi connectivity index (χ1) is 12.1. The highest BCUT2D eigenvalue weighted by atomic mass is 79.9. The normalized spacial score (nSPS) is 10.2. The number of halogens is 1. The smallest absolute Gasteiger partial charge is 0.257 e. The monoisotopic (exact) mass is 422 g/mol. The number of likely N-dealkylation sites (N-methyl/N-ethyl adjacent to an activating group) is 1. The van der Waals surface area contributed by atoms with Crippen molar-refractivity contribution in [1.82, 2.24) is 5.32 Å². The molecule has 0 heterocycles. The lowest BCUT2D eigenvalue weighted by molar-refractivity contribution is -0.123. The Morgan fingerprint density at radius 1 is 1.12 bits per heavy atom. The summed E-state index contributed by atoms with van der Waals surface area (Å²) in [6.07, 6.45) is 0. The fourth-order valence-corrected chi connectivity index (χ4v) is 2.90. The molecule has 0 radical (unpaired) electrons. The summed E-state index contributed by atoms with van der Waals surface area (Å²) in [6.45, 7) is 2.36. The minimum atomic E-state index is -0.178. The van der Waals surface area contributed by atoms with E-state index in [-0.39, 0.29) is 18.4 Å². The van der Waals surface area contributed by atoms with E-state index in [1.165, 1.54) is 11.8 Å². The van der Waals surface area contributed by atoms with E-state index < -0.39 is 0 Å². The molecule has 0 aromatic heterocycles. The Morgan fingerprint density at radius 2 is 1.88 bits per heavy atom. The molecule has 2 rings (SSSR count). The Labute approximate surface area is 159 Å². The Balaban J connectivity index is 1.82. The summed E-state index contributed by atoms with van der Waals surface area (Å²) in [5, 5.41) is 5.49. The molecule has 25 heavy (non-hydrogen) atoms. The SMILES string of the molecule is CCNC(=O)COc1cccc(NC(=O)CSc2ccc(Br)cc2)c1. The van der Waals surface area contributed by atoms with Crippen LogP contribution in [-0.2, 0) is 9.59 Å². The van der Waals surface area contributed by atoms with Crippen molar-refractivity contribution >= 4 is 45.2 Å². The summed E-state index contributed by atoms with van der Waals surface area (Å²) in [4.78, 5) is 24.5. The van der Waals surface area contributed by atoms with Crippen LogP contribution in [0.1, 0.15) is 6.92 Å². The maximum absolute atomic E-state index is 12.1. The van der Waals surface area contributed by atoms with Gasteiger partial charge < -0.3 is 15.4 Å². The quantitative estimate of drug-likeness (QED) is 0.636. The van der Waals surface area contributed by atoms with Gasteiger partial charge >= 0.3 is 0 Å². The molecule has 0 aliphatic rings. The average Bonchev–Trinajstić information content (AvgIpc) is 2.60. The Hall–Kier alpha value is -1.99. The molecule has 0 aliphatic heterocycles.